The zero-order valence-electron chi connectivity index (χ0n) is 20.6. The van der Waals surface area contributed by atoms with Crippen molar-refractivity contribution in [2.45, 2.75) is 38.1 Å². The lowest BCUT2D eigenvalue weighted by Gasteiger charge is -2.33. The summed E-state index contributed by atoms with van der Waals surface area (Å²) in [7, 11) is 1.70. The van der Waals surface area contributed by atoms with Crippen molar-refractivity contribution >= 4 is 28.6 Å². The second kappa shape index (κ2) is 10.5. The first-order valence-electron chi connectivity index (χ1n) is 12.4. The second-order valence-corrected chi connectivity index (χ2v) is 9.43. The van der Waals surface area contributed by atoms with Gasteiger partial charge in [-0.3, -0.25) is 4.79 Å². The van der Waals surface area contributed by atoms with Gasteiger partial charge in [0.25, 0.3) is 5.91 Å². The fraction of sp³-hybridized carbons (Fsp3) is 0.462. The maximum Gasteiger partial charge on any atom is 0.319 e. The molecule has 10 nitrogen and oxygen atoms in total. The number of nitrogens with one attached hydrogen (secondary N) is 2. The molecule has 188 valence electrons. The lowest BCUT2D eigenvalue weighted by molar-refractivity contribution is 0.0915. The summed E-state index contributed by atoms with van der Waals surface area (Å²) < 4.78 is 5.90. The smallest absolute Gasteiger partial charge is 0.319 e. The molecule has 3 aromatic heterocycles. The van der Waals surface area contributed by atoms with E-state index in [0.29, 0.717) is 18.3 Å². The van der Waals surface area contributed by atoms with Gasteiger partial charge in [-0.1, -0.05) is 0 Å². The molecule has 2 aliphatic rings. The molecule has 1 amide bonds. The van der Waals surface area contributed by atoms with Crippen LogP contribution in [0.15, 0.2) is 41.2 Å². The number of anilines is 1. The number of ether oxygens (including phenoxy) is 1. The fourth-order valence-corrected chi connectivity index (χ4v) is 4.66. The Labute approximate surface area is 209 Å². The molecule has 10 heteroatoms. The molecule has 1 saturated carbocycles. The van der Waals surface area contributed by atoms with Crippen LogP contribution in [0.25, 0.3) is 11.0 Å². The van der Waals surface area contributed by atoms with Crippen LogP contribution in [0, 0.1) is 5.92 Å². The number of H-pyrrole nitrogens is 1. The van der Waals surface area contributed by atoms with Crippen LogP contribution in [0.2, 0.25) is 0 Å². The molecule has 2 fully saturated rings. The Kier molecular flexibility index (Phi) is 6.97. The summed E-state index contributed by atoms with van der Waals surface area (Å²) >= 11 is 0. The van der Waals surface area contributed by atoms with Crippen molar-refractivity contribution < 1.29 is 14.6 Å². The molecular weight excluding hydrogens is 458 g/mol. The van der Waals surface area contributed by atoms with E-state index in [9.17, 15) is 9.90 Å². The van der Waals surface area contributed by atoms with Gasteiger partial charge < -0.3 is 25.0 Å². The summed E-state index contributed by atoms with van der Waals surface area (Å²) in [6.45, 7) is 3.60. The molecule has 4 heterocycles. The molecule has 36 heavy (non-hydrogen) atoms. The Morgan fingerprint density at radius 1 is 1.39 bits per heavy atom. The van der Waals surface area contributed by atoms with Gasteiger partial charge in [-0.05, 0) is 61.2 Å². The molecule has 3 N–H and O–H groups in total. The first-order valence-corrected chi connectivity index (χ1v) is 12.4. The zero-order valence-corrected chi connectivity index (χ0v) is 20.6. The van der Waals surface area contributed by atoms with Crippen LogP contribution in [-0.2, 0) is 0 Å². The lowest BCUT2D eigenvalue weighted by Crippen LogP contribution is -2.36. The van der Waals surface area contributed by atoms with E-state index in [-0.39, 0.29) is 36.2 Å². The molecule has 3 aromatic rings. The van der Waals surface area contributed by atoms with Gasteiger partial charge in [0.05, 0.1) is 13.2 Å². The van der Waals surface area contributed by atoms with E-state index in [4.69, 9.17) is 4.74 Å². The van der Waals surface area contributed by atoms with Crippen LogP contribution in [0.4, 0.5) is 5.82 Å². The molecule has 0 spiro atoms. The van der Waals surface area contributed by atoms with Crippen molar-refractivity contribution in [3.05, 3.63) is 47.4 Å². The number of piperidine rings is 1. The Hall–Kier alpha value is -3.75. The highest BCUT2D eigenvalue weighted by Gasteiger charge is 2.32. The van der Waals surface area contributed by atoms with E-state index >= 15 is 0 Å². The van der Waals surface area contributed by atoms with E-state index in [1.807, 2.05) is 6.07 Å². The third kappa shape index (κ3) is 5.24. The number of aliphatic imine (C=N–C) groups is 1. The van der Waals surface area contributed by atoms with Crippen LogP contribution in [0.1, 0.15) is 48.2 Å². The van der Waals surface area contributed by atoms with E-state index in [0.717, 1.165) is 43.6 Å². The van der Waals surface area contributed by atoms with Gasteiger partial charge in [-0.15, -0.1) is 0 Å². The SMILES string of the molecule is CN=C=C1C[C@@H]1COc1nc(C(=O)N[C@H](C)CO)cc(N2CCC(c3c[nH]c4ncccc34)CC2)n1. The van der Waals surface area contributed by atoms with Gasteiger partial charge in [0.15, 0.2) is 0 Å². The van der Waals surface area contributed by atoms with E-state index in [1.165, 1.54) is 10.9 Å². The molecular formula is C26H31N7O3. The number of aromatic nitrogens is 4. The number of carbonyl (C=O) groups excluding carboxylic acids is 1. The minimum Gasteiger partial charge on any atom is -0.463 e. The number of hydrogen-bond donors (Lipinski definition) is 3. The Balaban J connectivity index is 1.32. The zero-order chi connectivity index (χ0) is 25.1. The van der Waals surface area contributed by atoms with Crippen molar-refractivity contribution in [1.29, 1.82) is 0 Å². The standard InChI is InChI=1S/C26H31N7O3/c1-16(14-34)30-25(35)22-11-23(32-26(31-22)36-15-19-10-18(19)12-27-2)33-8-5-17(6-9-33)21-13-29-24-20(21)4-3-7-28-24/h3-4,7,11,13,16-17,19,34H,5-6,8-10,14-15H2,1-2H3,(H,28,29)(H,30,35)/t16-,19-/m1/s1. The molecule has 0 bridgehead atoms. The number of rotatable bonds is 8. The van der Waals surface area contributed by atoms with Crippen LogP contribution < -0.4 is 15.0 Å². The van der Waals surface area contributed by atoms with Crippen molar-refractivity contribution in [3.8, 4) is 6.01 Å². The quantitative estimate of drug-likeness (QED) is 0.415. The highest BCUT2D eigenvalue weighted by Crippen LogP contribution is 2.36. The Morgan fingerprint density at radius 2 is 2.22 bits per heavy atom. The van der Waals surface area contributed by atoms with Gasteiger partial charge in [0, 0.05) is 55.9 Å². The molecule has 5 rings (SSSR count). The summed E-state index contributed by atoms with van der Waals surface area (Å²) in [6, 6.07) is 5.58. The average molecular weight is 490 g/mol. The van der Waals surface area contributed by atoms with Crippen LogP contribution in [0.3, 0.4) is 0 Å². The first-order chi connectivity index (χ1) is 17.6. The summed E-state index contributed by atoms with van der Waals surface area (Å²) in [5.41, 5.74) is 3.56. The molecule has 0 radical (unpaired) electrons. The topological polar surface area (TPSA) is 129 Å². The summed E-state index contributed by atoms with van der Waals surface area (Å²) in [4.78, 5) is 35.6. The molecule has 0 unspecified atom stereocenters. The minimum atomic E-state index is -0.380. The monoisotopic (exact) mass is 489 g/mol. The van der Waals surface area contributed by atoms with Gasteiger partial charge in [-0.25, -0.2) is 9.98 Å². The van der Waals surface area contributed by atoms with Crippen LogP contribution in [0.5, 0.6) is 6.01 Å². The summed E-state index contributed by atoms with van der Waals surface area (Å²) in [6.07, 6.45) is 6.68. The number of pyridine rings is 1. The predicted octanol–water partition coefficient (Wildman–Crippen LogP) is 2.47. The molecule has 1 aliphatic heterocycles. The van der Waals surface area contributed by atoms with Gasteiger partial charge in [0.2, 0.25) is 0 Å². The number of amides is 1. The van der Waals surface area contributed by atoms with Crippen LogP contribution in [-0.4, -0.2) is 76.2 Å². The van der Waals surface area contributed by atoms with Crippen molar-refractivity contribution in [2.75, 3.05) is 38.3 Å². The third-order valence-corrected chi connectivity index (χ3v) is 6.79. The number of aliphatic hydroxyl groups is 1. The maximum atomic E-state index is 12.8. The predicted molar refractivity (Wildman–Crippen MR) is 137 cm³/mol. The second-order valence-electron chi connectivity index (χ2n) is 9.43. The number of hydrogen-bond acceptors (Lipinski definition) is 8. The van der Waals surface area contributed by atoms with E-state index in [2.05, 4.69) is 53.3 Å². The lowest BCUT2D eigenvalue weighted by atomic mass is 9.89. The van der Waals surface area contributed by atoms with Crippen molar-refractivity contribution in [1.82, 2.24) is 25.3 Å². The summed E-state index contributed by atoms with van der Waals surface area (Å²) in [5, 5.41) is 13.3. The molecule has 1 aliphatic carbocycles. The minimum absolute atomic E-state index is 0.153. The van der Waals surface area contributed by atoms with Crippen LogP contribution >= 0.6 is 0 Å². The Morgan fingerprint density at radius 3 is 3.00 bits per heavy atom. The largest absolute Gasteiger partial charge is 0.463 e. The van der Waals surface area contributed by atoms with Crippen molar-refractivity contribution in [2.24, 2.45) is 10.9 Å². The van der Waals surface area contributed by atoms with Gasteiger partial charge in [-0.2, -0.15) is 9.97 Å². The highest BCUT2D eigenvalue weighted by atomic mass is 16.5. The number of fused-ring (bicyclic) bond motifs is 1. The number of aliphatic hydroxyl groups excluding tert-OH is 1. The van der Waals surface area contributed by atoms with Gasteiger partial charge >= 0.3 is 6.01 Å². The molecule has 2 atom stereocenters. The first kappa shape index (κ1) is 24.0. The average Bonchev–Trinajstić information content (AvgIpc) is 3.51. The number of nitrogens with zero attached hydrogens (tertiary/aromatic N) is 5. The molecule has 0 aromatic carbocycles. The summed E-state index contributed by atoms with van der Waals surface area (Å²) in [5.74, 6) is 3.96. The third-order valence-electron chi connectivity index (χ3n) is 6.79. The van der Waals surface area contributed by atoms with Crippen molar-refractivity contribution in [3.63, 3.8) is 0 Å². The maximum absolute atomic E-state index is 12.8. The van der Waals surface area contributed by atoms with E-state index in [1.54, 1.807) is 26.2 Å². The van der Waals surface area contributed by atoms with E-state index < -0.39 is 0 Å². The van der Waals surface area contributed by atoms with Gasteiger partial charge in [0.1, 0.15) is 17.2 Å². The molecule has 1 saturated heterocycles. The fourth-order valence-electron chi connectivity index (χ4n) is 4.66. The number of aromatic amines is 1. The number of carbonyl (C=O) groups is 1. The normalized spacial score (nSPS) is 18.6. The highest BCUT2D eigenvalue weighted by molar-refractivity contribution is 5.93. The Bertz CT molecular complexity index is 1310.